The molecular formula is C32H55OP. The number of benzene rings is 2. The Balaban J connectivity index is 0.000000658. The molecule has 1 nitrogen and oxygen atoms in total. The molecule has 0 aliphatic heterocycles. The fourth-order valence-electron chi connectivity index (χ4n) is 4.77. The number of aryl methyl sites for hydroxylation is 1. The molecule has 4 rings (SSSR count). The smallest absolute Gasteiger partial charge is 0.0720 e. The molecule has 3 atom stereocenters. The monoisotopic (exact) mass is 486 g/mol. The predicted molar refractivity (Wildman–Crippen MR) is 158 cm³/mol. The molecule has 0 heterocycles. The maximum absolute atomic E-state index is 6.37. The van der Waals surface area contributed by atoms with E-state index in [2.05, 4.69) is 83.8 Å². The van der Waals surface area contributed by atoms with E-state index in [1.54, 1.807) is 0 Å². The molecule has 0 amide bonds. The normalized spacial score (nSPS) is 16.6. The highest BCUT2D eigenvalue weighted by atomic mass is 31.0. The fourth-order valence-corrected chi connectivity index (χ4v) is 4.77. The standard InChI is InChI=1S/C19H28O.C9H12.C2H6.CH5P.CH4/c1-15(17-10-6-3-7-11-17)19(18-12-13-18)20-14-16-8-4-2-5-9-16;1-2-6-9-7-4-3-5-8-9;2*1-2;/h2,4-5,8-9,15,17-19H,3,6-7,10-14H2,1H3;3-5,7-8H,2,6H2,1H3;1-2H3;2H2,1H3;1H4. The molecule has 0 aromatic heterocycles. The number of rotatable bonds is 8. The lowest BCUT2D eigenvalue weighted by molar-refractivity contribution is -0.0307. The molecular weight excluding hydrogens is 431 g/mol. The van der Waals surface area contributed by atoms with Gasteiger partial charge in [-0.05, 0) is 48.1 Å². The van der Waals surface area contributed by atoms with Crippen LogP contribution >= 0.6 is 9.24 Å². The van der Waals surface area contributed by atoms with E-state index in [1.807, 2.05) is 20.5 Å². The second kappa shape index (κ2) is 21.1. The number of hydrogen-bond acceptors (Lipinski definition) is 1. The molecule has 3 unspecified atom stereocenters. The third kappa shape index (κ3) is 13.1. The summed E-state index contributed by atoms with van der Waals surface area (Å²) in [7, 11) is 2.42. The third-order valence-corrected chi connectivity index (χ3v) is 6.67. The summed E-state index contributed by atoms with van der Waals surface area (Å²) in [5.41, 5.74) is 2.76. The zero-order valence-electron chi connectivity index (χ0n) is 22.1. The molecule has 2 heteroatoms. The van der Waals surface area contributed by atoms with Crippen LogP contribution in [0.15, 0.2) is 60.7 Å². The van der Waals surface area contributed by atoms with Gasteiger partial charge in [-0.3, -0.25) is 0 Å². The third-order valence-electron chi connectivity index (χ3n) is 6.67. The van der Waals surface area contributed by atoms with Crippen LogP contribution in [0.25, 0.3) is 0 Å². The van der Waals surface area contributed by atoms with Gasteiger partial charge in [0, 0.05) is 0 Å². The molecule has 2 aliphatic carbocycles. The summed E-state index contributed by atoms with van der Waals surface area (Å²) in [4.78, 5) is 0. The van der Waals surface area contributed by atoms with Crippen LogP contribution in [0.3, 0.4) is 0 Å². The minimum Gasteiger partial charge on any atom is -0.373 e. The first-order valence-corrected chi connectivity index (χ1v) is 14.7. The largest absolute Gasteiger partial charge is 0.373 e. The zero-order chi connectivity index (χ0) is 24.3. The maximum atomic E-state index is 6.37. The average Bonchev–Trinajstić information content (AvgIpc) is 3.74. The number of hydrogen-bond donors (Lipinski definition) is 0. The van der Waals surface area contributed by atoms with Crippen LogP contribution in [0.5, 0.6) is 0 Å². The summed E-state index contributed by atoms with van der Waals surface area (Å²) in [6, 6.07) is 21.2. The van der Waals surface area contributed by atoms with E-state index < -0.39 is 0 Å². The lowest BCUT2D eigenvalue weighted by Gasteiger charge is -2.33. The van der Waals surface area contributed by atoms with Crippen molar-refractivity contribution in [2.24, 2.45) is 17.8 Å². The quantitative estimate of drug-likeness (QED) is 0.337. The first-order chi connectivity index (χ1) is 16.3. The summed E-state index contributed by atoms with van der Waals surface area (Å²) in [6.45, 7) is 11.4. The number of ether oxygens (including phenoxy) is 1. The van der Waals surface area contributed by atoms with E-state index in [4.69, 9.17) is 4.74 Å². The van der Waals surface area contributed by atoms with E-state index in [1.165, 1.54) is 68.9 Å². The van der Waals surface area contributed by atoms with Crippen LogP contribution < -0.4 is 0 Å². The van der Waals surface area contributed by atoms with Gasteiger partial charge < -0.3 is 4.74 Å². The van der Waals surface area contributed by atoms with Gasteiger partial charge >= 0.3 is 0 Å². The first kappa shape index (κ1) is 32.8. The lowest BCUT2D eigenvalue weighted by atomic mass is 9.77. The van der Waals surface area contributed by atoms with Crippen molar-refractivity contribution in [2.75, 3.05) is 6.66 Å². The SMILES string of the molecule is C.CC.CC(C1CCCCC1)C(OCc1ccccc1)C1CC1.CCCc1ccccc1.CP. The molecule has 2 aromatic carbocycles. The van der Waals surface area contributed by atoms with Gasteiger partial charge in [-0.1, -0.05) is 141 Å². The molecule has 34 heavy (non-hydrogen) atoms. The predicted octanol–water partition coefficient (Wildman–Crippen LogP) is 9.99. The van der Waals surface area contributed by atoms with Gasteiger partial charge in [0.25, 0.3) is 0 Å². The van der Waals surface area contributed by atoms with Gasteiger partial charge in [0.15, 0.2) is 0 Å². The molecule has 2 saturated carbocycles. The van der Waals surface area contributed by atoms with Gasteiger partial charge in [-0.25, -0.2) is 0 Å². The van der Waals surface area contributed by atoms with Crippen molar-refractivity contribution < 1.29 is 4.74 Å². The average molecular weight is 487 g/mol. The van der Waals surface area contributed by atoms with Gasteiger partial charge in [0.05, 0.1) is 12.7 Å². The summed E-state index contributed by atoms with van der Waals surface area (Å²) in [6.07, 6.45) is 12.9. The van der Waals surface area contributed by atoms with Crippen LogP contribution in [0.1, 0.15) is 97.6 Å². The van der Waals surface area contributed by atoms with Gasteiger partial charge in [-0.15, -0.1) is 9.24 Å². The van der Waals surface area contributed by atoms with Crippen molar-refractivity contribution in [3.05, 3.63) is 71.8 Å². The van der Waals surface area contributed by atoms with Crippen molar-refractivity contribution in [1.82, 2.24) is 0 Å². The molecule has 2 aromatic rings. The highest BCUT2D eigenvalue weighted by Crippen LogP contribution is 2.43. The molecule has 0 spiro atoms. The highest BCUT2D eigenvalue weighted by Gasteiger charge is 2.38. The Morgan fingerprint density at radius 1 is 0.765 bits per heavy atom. The molecule has 194 valence electrons. The van der Waals surface area contributed by atoms with Gasteiger partial charge in [-0.2, -0.15) is 0 Å². The van der Waals surface area contributed by atoms with Crippen molar-refractivity contribution in [3.63, 3.8) is 0 Å². The lowest BCUT2D eigenvalue weighted by Crippen LogP contribution is -2.31. The molecule has 0 radical (unpaired) electrons. The van der Waals surface area contributed by atoms with E-state index in [0.29, 0.717) is 6.10 Å². The Hall–Kier alpha value is -1.17. The minimum absolute atomic E-state index is 0. The zero-order valence-corrected chi connectivity index (χ0v) is 23.3. The molecule has 0 saturated heterocycles. The Kier molecular flexibility index (Phi) is 20.4. The van der Waals surface area contributed by atoms with Crippen LogP contribution in [0.4, 0.5) is 0 Å². The van der Waals surface area contributed by atoms with Gasteiger partial charge in [0.1, 0.15) is 0 Å². The van der Waals surface area contributed by atoms with Crippen LogP contribution in [0.2, 0.25) is 0 Å². The van der Waals surface area contributed by atoms with Crippen molar-refractivity contribution in [2.45, 2.75) is 106 Å². The van der Waals surface area contributed by atoms with Crippen LogP contribution in [-0.2, 0) is 17.8 Å². The van der Waals surface area contributed by atoms with E-state index in [9.17, 15) is 0 Å². The molecule has 0 bridgehead atoms. The first-order valence-electron chi connectivity index (χ1n) is 13.5. The van der Waals surface area contributed by atoms with Gasteiger partial charge in [0.2, 0.25) is 0 Å². The van der Waals surface area contributed by atoms with E-state index in [0.717, 1.165) is 24.4 Å². The van der Waals surface area contributed by atoms with Crippen molar-refractivity contribution in [3.8, 4) is 0 Å². The topological polar surface area (TPSA) is 9.23 Å². The van der Waals surface area contributed by atoms with E-state index in [-0.39, 0.29) is 7.43 Å². The maximum Gasteiger partial charge on any atom is 0.0720 e. The fraction of sp³-hybridized carbons (Fsp3) is 0.625. The second-order valence-electron chi connectivity index (χ2n) is 9.09. The molecule has 2 fully saturated rings. The van der Waals surface area contributed by atoms with Crippen LogP contribution in [0, 0.1) is 17.8 Å². The molecule has 2 aliphatic rings. The van der Waals surface area contributed by atoms with Crippen molar-refractivity contribution in [1.29, 1.82) is 0 Å². The second-order valence-corrected chi connectivity index (χ2v) is 9.09. The summed E-state index contributed by atoms with van der Waals surface area (Å²) in [5.74, 6) is 2.49. The Bertz CT molecular complexity index is 662. The Morgan fingerprint density at radius 2 is 1.26 bits per heavy atom. The Morgan fingerprint density at radius 3 is 1.74 bits per heavy atom. The Labute approximate surface area is 215 Å². The van der Waals surface area contributed by atoms with Crippen molar-refractivity contribution >= 4 is 9.24 Å². The molecule has 0 N–H and O–H groups in total. The van der Waals surface area contributed by atoms with Crippen LogP contribution in [-0.4, -0.2) is 12.8 Å². The summed E-state index contributed by atoms with van der Waals surface area (Å²) >= 11 is 0. The summed E-state index contributed by atoms with van der Waals surface area (Å²) < 4.78 is 6.37. The minimum atomic E-state index is 0. The summed E-state index contributed by atoms with van der Waals surface area (Å²) in [5, 5.41) is 0. The highest BCUT2D eigenvalue weighted by molar-refractivity contribution is 7.15. The van der Waals surface area contributed by atoms with E-state index >= 15 is 0 Å².